The van der Waals surface area contributed by atoms with E-state index in [9.17, 15) is 0 Å². The van der Waals surface area contributed by atoms with Gasteiger partial charge < -0.3 is 16.0 Å². The van der Waals surface area contributed by atoms with Crippen molar-refractivity contribution in [1.82, 2.24) is 0 Å². The first-order chi connectivity index (χ1) is 13.4. The number of nitrogens with two attached hydrogens (primary N) is 1. The van der Waals surface area contributed by atoms with Crippen molar-refractivity contribution in [3.05, 3.63) is 76.9 Å². The molecule has 0 saturated heterocycles. The van der Waals surface area contributed by atoms with Crippen LogP contribution in [0.2, 0.25) is 0 Å². The van der Waals surface area contributed by atoms with Crippen LogP contribution < -0.4 is 16.0 Å². The van der Waals surface area contributed by atoms with Gasteiger partial charge in [-0.2, -0.15) is 0 Å². The predicted molar refractivity (Wildman–Crippen MR) is 125 cm³/mol. The van der Waals surface area contributed by atoms with Gasteiger partial charge in [-0.05, 0) is 75.4 Å². The summed E-state index contributed by atoms with van der Waals surface area (Å²) in [5.74, 6) is 0. The summed E-state index contributed by atoms with van der Waals surface area (Å²) in [4.78, 5) is 2.28. The number of benzene rings is 2. The van der Waals surface area contributed by atoms with Crippen molar-refractivity contribution in [3.8, 4) is 0 Å². The standard InChI is InChI=1S/C25H35N3/c1-19(2)9-8-10-20(3)13-14-21-17-23(27-4)15-16-25(21)28(5)18-22-11-6-7-12-24(22)26/h6-7,9,11-13,15-17,27H,8,10,14,18,26H2,1-5H3/b20-13+. The fourth-order valence-corrected chi connectivity index (χ4v) is 3.27. The summed E-state index contributed by atoms with van der Waals surface area (Å²) in [7, 11) is 4.10. The minimum atomic E-state index is 0.793. The van der Waals surface area contributed by atoms with E-state index in [0.717, 1.165) is 42.7 Å². The van der Waals surface area contributed by atoms with Crippen LogP contribution in [0.3, 0.4) is 0 Å². The maximum atomic E-state index is 6.15. The third-order valence-electron chi connectivity index (χ3n) is 5.00. The molecule has 0 saturated carbocycles. The summed E-state index contributed by atoms with van der Waals surface area (Å²) in [6.45, 7) is 7.34. The van der Waals surface area contributed by atoms with Crippen LogP contribution in [0.15, 0.2) is 65.8 Å². The van der Waals surface area contributed by atoms with Gasteiger partial charge in [-0.25, -0.2) is 0 Å². The molecule has 0 unspecified atom stereocenters. The molecule has 0 radical (unpaired) electrons. The molecule has 3 heteroatoms. The number of nitrogen functional groups attached to an aromatic ring is 1. The van der Waals surface area contributed by atoms with Crippen LogP contribution in [0.1, 0.15) is 44.7 Å². The van der Waals surface area contributed by atoms with Crippen LogP contribution in [0.25, 0.3) is 0 Å². The highest BCUT2D eigenvalue weighted by atomic mass is 15.1. The maximum Gasteiger partial charge on any atom is 0.0446 e. The SMILES string of the molecule is CNc1ccc(N(C)Cc2ccccc2N)c(C/C=C(\C)CCC=C(C)C)c1. The molecule has 0 aliphatic heterocycles. The van der Waals surface area contributed by atoms with Crippen LogP contribution in [-0.4, -0.2) is 14.1 Å². The Kier molecular flexibility index (Phi) is 8.19. The molecule has 2 rings (SSSR count). The van der Waals surface area contributed by atoms with Gasteiger partial charge in [-0.15, -0.1) is 0 Å². The van der Waals surface area contributed by atoms with Crippen molar-refractivity contribution in [2.75, 3.05) is 30.0 Å². The Morgan fingerprint density at radius 1 is 1.04 bits per heavy atom. The van der Waals surface area contributed by atoms with Crippen LogP contribution in [0.4, 0.5) is 17.1 Å². The summed E-state index contributed by atoms with van der Waals surface area (Å²) < 4.78 is 0. The number of nitrogens with one attached hydrogen (secondary N) is 1. The second kappa shape index (κ2) is 10.6. The minimum absolute atomic E-state index is 0.793. The predicted octanol–water partition coefficient (Wildman–Crippen LogP) is 6.18. The van der Waals surface area contributed by atoms with Gasteiger partial charge in [0.15, 0.2) is 0 Å². The molecule has 3 N–H and O–H groups in total. The normalized spacial score (nSPS) is 11.2. The first-order valence-electron chi connectivity index (χ1n) is 10.0. The number of nitrogens with zero attached hydrogens (tertiary/aromatic N) is 1. The van der Waals surface area contributed by atoms with Crippen molar-refractivity contribution in [3.63, 3.8) is 0 Å². The highest BCUT2D eigenvalue weighted by Crippen LogP contribution is 2.27. The Labute approximate surface area is 171 Å². The molecule has 0 aliphatic rings. The number of anilines is 3. The molecule has 0 aromatic heterocycles. The lowest BCUT2D eigenvalue weighted by molar-refractivity contribution is 0.912. The summed E-state index contributed by atoms with van der Waals surface area (Å²) >= 11 is 0. The van der Waals surface area contributed by atoms with Crippen LogP contribution in [0.5, 0.6) is 0 Å². The van der Waals surface area contributed by atoms with E-state index in [-0.39, 0.29) is 0 Å². The van der Waals surface area contributed by atoms with Gasteiger partial charge >= 0.3 is 0 Å². The summed E-state index contributed by atoms with van der Waals surface area (Å²) in [6, 6.07) is 14.7. The highest BCUT2D eigenvalue weighted by Gasteiger charge is 2.10. The van der Waals surface area contributed by atoms with E-state index in [2.05, 4.69) is 74.5 Å². The molecule has 28 heavy (non-hydrogen) atoms. The fraction of sp³-hybridized carbons (Fsp3) is 0.360. The lowest BCUT2D eigenvalue weighted by atomic mass is 10.0. The zero-order chi connectivity index (χ0) is 20.5. The number of allylic oxidation sites excluding steroid dienone is 4. The molecule has 3 nitrogen and oxygen atoms in total. The summed E-state index contributed by atoms with van der Waals surface area (Å²) in [5.41, 5.74) is 14.7. The molecule has 0 aliphatic carbocycles. The van der Waals surface area contributed by atoms with Crippen molar-refractivity contribution in [1.29, 1.82) is 0 Å². The minimum Gasteiger partial charge on any atom is -0.398 e. The van der Waals surface area contributed by atoms with Crippen LogP contribution >= 0.6 is 0 Å². The third-order valence-corrected chi connectivity index (χ3v) is 5.00. The lowest BCUT2D eigenvalue weighted by Gasteiger charge is -2.24. The molecule has 0 bridgehead atoms. The molecule has 2 aromatic carbocycles. The number of para-hydroxylation sites is 1. The van der Waals surface area contributed by atoms with E-state index >= 15 is 0 Å². The largest absolute Gasteiger partial charge is 0.398 e. The molecule has 0 atom stereocenters. The van der Waals surface area contributed by atoms with Gasteiger partial charge in [-0.1, -0.05) is 41.5 Å². The third kappa shape index (κ3) is 6.49. The topological polar surface area (TPSA) is 41.3 Å². The Morgan fingerprint density at radius 2 is 1.79 bits per heavy atom. The Bertz CT molecular complexity index is 829. The van der Waals surface area contributed by atoms with E-state index in [1.807, 2.05) is 25.2 Å². The molecule has 0 spiro atoms. The molecule has 0 fully saturated rings. The van der Waals surface area contributed by atoms with E-state index in [1.54, 1.807) is 0 Å². The van der Waals surface area contributed by atoms with Crippen LogP contribution in [-0.2, 0) is 13.0 Å². The number of rotatable bonds is 9. The van der Waals surface area contributed by atoms with Gasteiger partial charge in [-0.3, -0.25) is 0 Å². The van der Waals surface area contributed by atoms with Gasteiger partial charge in [0.2, 0.25) is 0 Å². The zero-order valence-electron chi connectivity index (χ0n) is 18.0. The fourth-order valence-electron chi connectivity index (χ4n) is 3.27. The van der Waals surface area contributed by atoms with E-state index in [0.29, 0.717) is 0 Å². The first kappa shape index (κ1) is 21.6. The Balaban J connectivity index is 2.18. The van der Waals surface area contributed by atoms with Crippen molar-refractivity contribution in [2.45, 2.75) is 46.6 Å². The number of hydrogen-bond donors (Lipinski definition) is 2. The second-order valence-electron chi connectivity index (χ2n) is 7.72. The summed E-state index contributed by atoms with van der Waals surface area (Å²) in [5, 5.41) is 3.26. The van der Waals surface area contributed by atoms with Crippen LogP contribution in [0, 0.1) is 0 Å². The van der Waals surface area contributed by atoms with Gasteiger partial charge in [0.05, 0.1) is 0 Å². The lowest BCUT2D eigenvalue weighted by Crippen LogP contribution is -2.19. The Morgan fingerprint density at radius 3 is 2.46 bits per heavy atom. The van der Waals surface area contributed by atoms with Crippen molar-refractivity contribution >= 4 is 17.1 Å². The second-order valence-corrected chi connectivity index (χ2v) is 7.72. The van der Waals surface area contributed by atoms with Gasteiger partial charge in [0.25, 0.3) is 0 Å². The smallest absolute Gasteiger partial charge is 0.0446 e. The van der Waals surface area contributed by atoms with E-state index in [4.69, 9.17) is 5.73 Å². The van der Waals surface area contributed by atoms with E-state index < -0.39 is 0 Å². The van der Waals surface area contributed by atoms with Crippen molar-refractivity contribution < 1.29 is 0 Å². The first-order valence-corrected chi connectivity index (χ1v) is 10.0. The molecular weight excluding hydrogens is 342 g/mol. The Hall–Kier alpha value is -2.68. The molecule has 150 valence electrons. The molecule has 0 heterocycles. The van der Waals surface area contributed by atoms with Gasteiger partial charge in [0.1, 0.15) is 0 Å². The van der Waals surface area contributed by atoms with Crippen molar-refractivity contribution in [2.24, 2.45) is 0 Å². The highest BCUT2D eigenvalue weighted by molar-refractivity contribution is 5.62. The van der Waals surface area contributed by atoms with E-state index in [1.165, 1.54) is 22.4 Å². The average molecular weight is 378 g/mol. The number of hydrogen-bond acceptors (Lipinski definition) is 3. The quantitative estimate of drug-likeness (QED) is 0.405. The molecule has 2 aromatic rings. The van der Waals surface area contributed by atoms with Gasteiger partial charge in [0, 0.05) is 37.7 Å². The monoisotopic (exact) mass is 377 g/mol. The summed E-state index contributed by atoms with van der Waals surface area (Å²) in [6.07, 6.45) is 7.83. The maximum absolute atomic E-state index is 6.15. The molecule has 0 amide bonds. The zero-order valence-corrected chi connectivity index (χ0v) is 18.0. The molecular formula is C25H35N3. The average Bonchev–Trinajstić information content (AvgIpc) is 2.67.